The van der Waals surface area contributed by atoms with Crippen LogP contribution in [-0.2, 0) is 14.3 Å². The third kappa shape index (κ3) is 3.36. The molecule has 1 aliphatic heterocycles. The summed E-state index contributed by atoms with van der Waals surface area (Å²) in [5, 5.41) is 0. The van der Waals surface area contributed by atoms with Gasteiger partial charge in [-0.3, -0.25) is 4.79 Å². The molecule has 0 spiro atoms. The second kappa shape index (κ2) is 7.05. The summed E-state index contributed by atoms with van der Waals surface area (Å²) in [6.07, 6.45) is 1.09. The molecule has 1 atom stereocenters. The fourth-order valence-electron chi connectivity index (χ4n) is 2.11. The largest absolute Gasteiger partial charge is 0.424 e. The number of hydrogen-bond acceptors (Lipinski definition) is 5. The predicted octanol–water partition coefficient (Wildman–Crippen LogP) is 1.65. The monoisotopic (exact) mass is 277 g/mol. The van der Waals surface area contributed by atoms with Gasteiger partial charge in [-0.2, -0.15) is 0 Å². The maximum absolute atomic E-state index is 11.9. The lowest BCUT2D eigenvalue weighted by Gasteiger charge is -2.30. The Balaban J connectivity index is 2.15. The molecule has 20 heavy (non-hydrogen) atoms. The topological polar surface area (TPSA) is 55.8 Å². The predicted molar refractivity (Wildman–Crippen MR) is 75.0 cm³/mol. The second-order valence-electron chi connectivity index (χ2n) is 4.64. The molecule has 1 unspecified atom stereocenters. The van der Waals surface area contributed by atoms with E-state index in [0.717, 1.165) is 18.8 Å². The summed E-state index contributed by atoms with van der Waals surface area (Å²) in [6, 6.07) is 7.38. The van der Waals surface area contributed by atoms with Crippen molar-refractivity contribution >= 4 is 17.9 Å². The molecule has 2 rings (SSSR count). The van der Waals surface area contributed by atoms with Crippen molar-refractivity contribution in [2.75, 3.05) is 31.2 Å². The minimum Gasteiger partial charge on any atom is -0.424 e. The minimum absolute atomic E-state index is 0.446. The Bertz CT molecular complexity index is 469. The van der Waals surface area contributed by atoms with Gasteiger partial charge in [-0.15, -0.1) is 0 Å². The third-order valence-electron chi connectivity index (χ3n) is 3.33. The molecule has 0 aromatic heterocycles. The van der Waals surface area contributed by atoms with Gasteiger partial charge < -0.3 is 19.2 Å². The number of hydrogen-bond donors (Lipinski definition) is 0. The van der Waals surface area contributed by atoms with Crippen molar-refractivity contribution in [3.05, 3.63) is 24.3 Å². The molecule has 0 N–H and O–H groups in total. The molecule has 0 aliphatic carbocycles. The summed E-state index contributed by atoms with van der Waals surface area (Å²) in [4.78, 5) is 24.9. The van der Waals surface area contributed by atoms with Crippen molar-refractivity contribution in [2.24, 2.45) is 5.92 Å². The van der Waals surface area contributed by atoms with Crippen LogP contribution in [0, 0.1) is 5.92 Å². The van der Waals surface area contributed by atoms with Gasteiger partial charge in [0.05, 0.1) is 18.9 Å². The van der Waals surface area contributed by atoms with E-state index in [1.54, 1.807) is 13.0 Å². The van der Waals surface area contributed by atoms with Crippen molar-refractivity contribution < 1.29 is 19.1 Å². The fraction of sp³-hybridized carbons (Fsp3) is 0.467. The van der Waals surface area contributed by atoms with Crippen LogP contribution in [0.15, 0.2) is 24.3 Å². The molecule has 108 valence electrons. The van der Waals surface area contributed by atoms with E-state index in [9.17, 15) is 9.59 Å². The first-order chi connectivity index (χ1) is 9.76. The normalized spacial score (nSPS) is 16.6. The summed E-state index contributed by atoms with van der Waals surface area (Å²) in [6.45, 7) is 4.63. The highest BCUT2D eigenvalue weighted by atomic mass is 16.5. The number of esters is 1. The van der Waals surface area contributed by atoms with Crippen LogP contribution in [0.1, 0.15) is 13.3 Å². The Kier molecular flexibility index (Phi) is 5.12. The quantitative estimate of drug-likeness (QED) is 0.354. The average molecular weight is 277 g/mol. The number of para-hydroxylation sites is 2. The van der Waals surface area contributed by atoms with Gasteiger partial charge in [0.15, 0.2) is 5.75 Å². The van der Waals surface area contributed by atoms with E-state index in [0.29, 0.717) is 31.7 Å². The molecule has 0 amide bonds. The number of benzene rings is 1. The number of carbonyl (C=O) groups is 2. The van der Waals surface area contributed by atoms with Gasteiger partial charge in [0, 0.05) is 13.1 Å². The van der Waals surface area contributed by atoms with Crippen LogP contribution in [0.3, 0.4) is 0 Å². The van der Waals surface area contributed by atoms with Crippen molar-refractivity contribution in [1.29, 1.82) is 0 Å². The first kappa shape index (κ1) is 14.5. The zero-order chi connectivity index (χ0) is 14.4. The molecule has 5 heteroatoms. The van der Waals surface area contributed by atoms with Crippen molar-refractivity contribution in [2.45, 2.75) is 13.3 Å². The number of carbonyl (C=O) groups excluding carboxylic acids is 2. The lowest BCUT2D eigenvalue weighted by molar-refractivity contribution is -0.141. The standard InChI is InChI=1S/C15H19NO4/c1-2-12(11-17)15(18)20-14-6-4-3-5-13(14)16-7-9-19-10-8-16/h3-6,11-12H,2,7-10H2,1H3. The smallest absolute Gasteiger partial charge is 0.321 e. The number of ether oxygens (including phenoxy) is 2. The summed E-state index contributed by atoms with van der Waals surface area (Å²) in [5.41, 5.74) is 0.866. The van der Waals surface area contributed by atoms with Crippen molar-refractivity contribution in [1.82, 2.24) is 0 Å². The Morgan fingerprint density at radius 3 is 2.75 bits per heavy atom. The molecule has 0 radical (unpaired) electrons. The van der Waals surface area contributed by atoms with E-state index in [1.807, 2.05) is 18.2 Å². The Morgan fingerprint density at radius 2 is 2.10 bits per heavy atom. The Morgan fingerprint density at radius 1 is 1.40 bits per heavy atom. The zero-order valence-electron chi connectivity index (χ0n) is 11.6. The van der Waals surface area contributed by atoms with Gasteiger partial charge in [-0.1, -0.05) is 19.1 Å². The number of aldehydes is 1. The fourth-order valence-corrected chi connectivity index (χ4v) is 2.11. The van der Waals surface area contributed by atoms with Gasteiger partial charge in [-0.25, -0.2) is 0 Å². The molecular formula is C15H19NO4. The van der Waals surface area contributed by atoms with Crippen LogP contribution < -0.4 is 9.64 Å². The zero-order valence-corrected chi connectivity index (χ0v) is 11.6. The van der Waals surface area contributed by atoms with E-state index in [2.05, 4.69) is 4.90 Å². The summed E-state index contributed by atoms with van der Waals surface area (Å²) < 4.78 is 10.7. The molecule has 0 saturated carbocycles. The highest BCUT2D eigenvalue weighted by molar-refractivity contribution is 5.89. The number of anilines is 1. The Hall–Kier alpha value is -1.88. The maximum atomic E-state index is 11.9. The Labute approximate surface area is 118 Å². The molecular weight excluding hydrogens is 258 g/mol. The van der Waals surface area contributed by atoms with E-state index in [4.69, 9.17) is 9.47 Å². The first-order valence-corrected chi connectivity index (χ1v) is 6.85. The third-order valence-corrected chi connectivity index (χ3v) is 3.33. The molecule has 1 aliphatic rings. The molecule has 1 heterocycles. The van der Waals surface area contributed by atoms with E-state index in [-0.39, 0.29) is 0 Å². The van der Waals surface area contributed by atoms with Crippen LogP contribution in [0.25, 0.3) is 0 Å². The van der Waals surface area contributed by atoms with Gasteiger partial charge in [0.2, 0.25) is 0 Å². The van der Waals surface area contributed by atoms with E-state index >= 15 is 0 Å². The van der Waals surface area contributed by atoms with Crippen LogP contribution >= 0.6 is 0 Å². The van der Waals surface area contributed by atoms with E-state index in [1.165, 1.54) is 0 Å². The maximum Gasteiger partial charge on any atom is 0.321 e. The lowest BCUT2D eigenvalue weighted by atomic mass is 10.1. The van der Waals surface area contributed by atoms with Crippen molar-refractivity contribution in [3.63, 3.8) is 0 Å². The van der Waals surface area contributed by atoms with Gasteiger partial charge in [0.1, 0.15) is 12.2 Å². The van der Waals surface area contributed by atoms with Crippen LogP contribution in [0.5, 0.6) is 5.75 Å². The molecule has 1 fully saturated rings. The highest BCUT2D eigenvalue weighted by Crippen LogP contribution is 2.29. The van der Waals surface area contributed by atoms with Crippen LogP contribution in [0.4, 0.5) is 5.69 Å². The highest BCUT2D eigenvalue weighted by Gasteiger charge is 2.21. The SMILES string of the molecule is CCC(C=O)C(=O)Oc1ccccc1N1CCOCC1. The minimum atomic E-state index is -0.701. The number of nitrogens with zero attached hydrogens (tertiary/aromatic N) is 1. The molecule has 5 nitrogen and oxygen atoms in total. The van der Waals surface area contributed by atoms with Crippen LogP contribution in [-0.4, -0.2) is 38.6 Å². The van der Waals surface area contributed by atoms with Gasteiger partial charge in [0.25, 0.3) is 0 Å². The van der Waals surface area contributed by atoms with E-state index < -0.39 is 11.9 Å². The summed E-state index contributed by atoms with van der Waals surface area (Å²) >= 11 is 0. The second-order valence-corrected chi connectivity index (χ2v) is 4.64. The number of rotatable bonds is 5. The summed E-state index contributed by atoms with van der Waals surface area (Å²) in [5.74, 6) is -0.698. The van der Waals surface area contributed by atoms with Gasteiger partial charge in [-0.05, 0) is 18.6 Å². The number of morpholine rings is 1. The average Bonchev–Trinajstić information content (AvgIpc) is 2.50. The molecule has 1 aromatic carbocycles. The molecule has 0 bridgehead atoms. The van der Waals surface area contributed by atoms with Crippen LogP contribution in [0.2, 0.25) is 0 Å². The lowest BCUT2D eigenvalue weighted by Crippen LogP contribution is -2.36. The molecule has 1 saturated heterocycles. The van der Waals surface area contributed by atoms with Gasteiger partial charge >= 0.3 is 5.97 Å². The first-order valence-electron chi connectivity index (χ1n) is 6.85. The van der Waals surface area contributed by atoms with Crippen molar-refractivity contribution in [3.8, 4) is 5.75 Å². The molecule has 1 aromatic rings. The summed E-state index contributed by atoms with van der Waals surface area (Å²) in [7, 11) is 0.